The smallest absolute Gasteiger partial charge is 0.151 e. The Balaban J connectivity index is 0.000000369. The minimum atomic E-state index is -3.12. The van der Waals surface area contributed by atoms with Gasteiger partial charge in [0.25, 0.3) is 0 Å². The Morgan fingerprint density at radius 2 is 1.14 bits per heavy atom. The van der Waals surface area contributed by atoms with E-state index in [0.29, 0.717) is 23.1 Å². The van der Waals surface area contributed by atoms with Gasteiger partial charge in [0.2, 0.25) is 0 Å². The topological polar surface area (TPSA) is 97.7 Å². The van der Waals surface area contributed by atoms with Crippen LogP contribution in [0.3, 0.4) is 0 Å². The zero-order valence-corrected chi connectivity index (χ0v) is 25.3. The van der Waals surface area contributed by atoms with Gasteiger partial charge in [-0.25, -0.2) is 16.8 Å². The van der Waals surface area contributed by atoms with Crippen LogP contribution in [0.1, 0.15) is 93.7 Å². The number of aryl methyl sites for hydroxylation is 2. The summed E-state index contributed by atoms with van der Waals surface area (Å²) < 4.78 is 51.8. The molecule has 2 aromatic rings. The molecule has 0 amide bonds. The Hall–Kier alpha value is -2.06. The minimum absolute atomic E-state index is 0.0137. The fraction of sp³-hybridized carbons (Fsp3) is 0.571. The average Bonchev–Trinajstić information content (AvgIpc) is 2.65. The van der Waals surface area contributed by atoms with Crippen molar-refractivity contribution in [3.63, 3.8) is 0 Å². The highest BCUT2D eigenvalue weighted by Crippen LogP contribution is 2.32. The molecule has 0 unspecified atom stereocenters. The van der Waals surface area contributed by atoms with E-state index in [9.17, 15) is 21.9 Å². The molecule has 0 radical (unpaired) electrons. The summed E-state index contributed by atoms with van der Waals surface area (Å²) in [4.78, 5) is 0. The van der Waals surface area contributed by atoms with E-state index >= 15 is 0 Å². The number of benzene rings is 2. The van der Waals surface area contributed by atoms with Gasteiger partial charge < -0.3 is 9.84 Å². The average molecular weight is 541 g/mol. The third kappa shape index (κ3) is 10.9. The molecule has 0 saturated carbocycles. The second-order valence-corrected chi connectivity index (χ2v) is 15.6. The summed E-state index contributed by atoms with van der Waals surface area (Å²) in [6.45, 7) is 17.9. The lowest BCUT2D eigenvalue weighted by atomic mass is 9.97. The fourth-order valence-electron chi connectivity index (χ4n) is 3.66. The van der Waals surface area contributed by atoms with Gasteiger partial charge >= 0.3 is 0 Å². The molecule has 0 aromatic heterocycles. The first-order chi connectivity index (χ1) is 16.1. The van der Waals surface area contributed by atoms with Crippen LogP contribution in [0.4, 0.5) is 0 Å². The summed E-state index contributed by atoms with van der Waals surface area (Å²) in [6.07, 6.45) is 2.43. The lowest BCUT2D eigenvalue weighted by Gasteiger charge is -2.25. The van der Waals surface area contributed by atoms with Crippen LogP contribution in [-0.4, -0.2) is 40.1 Å². The molecule has 0 fully saturated rings. The van der Waals surface area contributed by atoms with Crippen molar-refractivity contribution in [2.75, 3.05) is 12.5 Å². The molecule has 0 saturated heterocycles. The largest absolute Gasteiger partial charge is 0.507 e. The van der Waals surface area contributed by atoms with Gasteiger partial charge in [0, 0.05) is 23.6 Å². The molecule has 0 bridgehead atoms. The van der Waals surface area contributed by atoms with Crippen molar-refractivity contribution >= 4 is 19.7 Å². The van der Waals surface area contributed by atoms with Gasteiger partial charge in [0.1, 0.15) is 17.1 Å². The van der Waals surface area contributed by atoms with E-state index in [1.54, 1.807) is 13.0 Å². The van der Waals surface area contributed by atoms with Crippen LogP contribution in [-0.2, 0) is 31.2 Å². The molecule has 0 aliphatic heterocycles. The first kappa shape index (κ1) is 32.0. The van der Waals surface area contributed by atoms with E-state index in [2.05, 4.69) is 19.9 Å². The number of rotatable bonds is 7. The quantitative estimate of drug-likeness (QED) is 0.448. The summed E-state index contributed by atoms with van der Waals surface area (Å²) in [5.74, 6) is 1.37. The molecular formula is C28H44O6S2. The van der Waals surface area contributed by atoms with Crippen LogP contribution >= 0.6 is 0 Å². The number of hydrogen-bond donors (Lipinski definition) is 1. The summed E-state index contributed by atoms with van der Waals surface area (Å²) >= 11 is 0. The van der Waals surface area contributed by atoms with E-state index in [0.717, 1.165) is 27.8 Å². The molecule has 204 valence electrons. The van der Waals surface area contributed by atoms with Crippen molar-refractivity contribution in [1.82, 2.24) is 0 Å². The van der Waals surface area contributed by atoms with Gasteiger partial charge in [-0.1, -0.05) is 52.0 Å². The summed E-state index contributed by atoms with van der Waals surface area (Å²) in [7, 11) is -6.21. The highest BCUT2D eigenvalue weighted by atomic mass is 32.2. The molecule has 2 rings (SSSR count). The second-order valence-electron chi connectivity index (χ2n) is 11.3. The van der Waals surface area contributed by atoms with Crippen LogP contribution in [0, 0.1) is 13.8 Å². The van der Waals surface area contributed by atoms with E-state index in [4.69, 9.17) is 4.74 Å². The van der Waals surface area contributed by atoms with Gasteiger partial charge in [0.15, 0.2) is 19.7 Å². The number of aromatic hydroxyl groups is 1. The molecule has 0 heterocycles. The predicted molar refractivity (Wildman–Crippen MR) is 150 cm³/mol. The molecule has 0 spiro atoms. The monoisotopic (exact) mass is 540 g/mol. The number of sulfone groups is 2. The lowest BCUT2D eigenvalue weighted by Crippen LogP contribution is -2.24. The Bertz CT molecular complexity index is 1270. The van der Waals surface area contributed by atoms with E-state index < -0.39 is 19.7 Å². The third-order valence-electron chi connectivity index (χ3n) is 5.35. The van der Waals surface area contributed by atoms with Crippen LogP contribution in [0.15, 0.2) is 24.3 Å². The molecule has 0 atom stereocenters. The van der Waals surface area contributed by atoms with E-state index in [1.165, 1.54) is 12.5 Å². The highest BCUT2D eigenvalue weighted by Gasteiger charge is 2.20. The van der Waals surface area contributed by atoms with Crippen LogP contribution in [0.25, 0.3) is 0 Å². The zero-order chi connectivity index (χ0) is 28.2. The Morgan fingerprint density at radius 3 is 1.53 bits per heavy atom. The molecule has 36 heavy (non-hydrogen) atoms. The van der Waals surface area contributed by atoms with Gasteiger partial charge in [-0.05, 0) is 68.7 Å². The Morgan fingerprint density at radius 1 is 0.750 bits per heavy atom. The minimum Gasteiger partial charge on any atom is -0.507 e. The first-order valence-electron chi connectivity index (χ1n) is 12.1. The van der Waals surface area contributed by atoms with Crippen molar-refractivity contribution in [3.05, 3.63) is 57.6 Å². The molecule has 0 aliphatic carbocycles. The van der Waals surface area contributed by atoms with Gasteiger partial charge in [-0.3, -0.25) is 0 Å². The maximum atomic E-state index is 11.7. The number of ether oxygens (including phenoxy) is 1. The fourth-order valence-corrected chi connectivity index (χ4v) is 5.23. The van der Waals surface area contributed by atoms with E-state index in [-0.39, 0.29) is 22.9 Å². The number of phenolic OH excluding ortho intramolecular Hbond substituents is 1. The zero-order valence-electron chi connectivity index (χ0n) is 23.7. The first-order valence-corrected chi connectivity index (χ1v) is 16.2. The molecule has 0 aliphatic rings. The van der Waals surface area contributed by atoms with Crippen molar-refractivity contribution in [1.29, 1.82) is 0 Å². The van der Waals surface area contributed by atoms with Crippen molar-refractivity contribution < 1.29 is 26.7 Å². The van der Waals surface area contributed by atoms with Crippen LogP contribution in [0.2, 0.25) is 0 Å². The predicted octanol–water partition coefficient (Wildman–Crippen LogP) is 6.21. The SMILES string of the molecule is Cc1cc(C(C)C)cc(CS(C)(=O)=O)c1O.Cc1cc(C(C)C)cc(CS(C)(=O)=O)c1OC(C)(C)C. The summed E-state index contributed by atoms with van der Waals surface area (Å²) in [6, 6.07) is 7.71. The maximum Gasteiger partial charge on any atom is 0.151 e. The standard InChI is InChI=1S/C16H26O3S.C12H18O3S/c1-11(2)13-8-12(3)15(19-16(4,5)6)14(9-13)10-20(7,17)18;1-8(2)10-5-9(3)12(13)11(6-10)7-16(4,14)15/h8-9,11H,10H2,1-7H3;5-6,8,13H,7H2,1-4H3. The third-order valence-corrected chi connectivity index (χ3v) is 7.02. The van der Waals surface area contributed by atoms with Gasteiger partial charge in [-0.2, -0.15) is 0 Å². The van der Waals surface area contributed by atoms with Crippen molar-refractivity contribution in [3.8, 4) is 11.5 Å². The highest BCUT2D eigenvalue weighted by molar-refractivity contribution is 7.90. The summed E-state index contributed by atoms with van der Waals surface area (Å²) in [5.41, 5.74) is 4.81. The maximum absolute atomic E-state index is 11.7. The van der Waals surface area contributed by atoms with Gasteiger partial charge in [0.05, 0.1) is 11.5 Å². The van der Waals surface area contributed by atoms with Crippen LogP contribution in [0.5, 0.6) is 11.5 Å². The lowest BCUT2D eigenvalue weighted by molar-refractivity contribution is 0.128. The second kappa shape index (κ2) is 12.0. The number of phenols is 1. The molecule has 2 aromatic carbocycles. The Kier molecular flexibility index (Phi) is 10.6. The summed E-state index contributed by atoms with van der Waals surface area (Å²) in [5, 5.41) is 9.80. The van der Waals surface area contributed by atoms with Gasteiger partial charge in [-0.15, -0.1) is 0 Å². The van der Waals surface area contributed by atoms with Crippen LogP contribution < -0.4 is 4.74 Å². The Labute approximate surface area is 218 Å². The van der Waals surface area contributed by atoms with Crippen molar-refractivity contribution in [2.24, 2.45) is 0 Å². The molecule has 1 N–H and O–H groups in total. The molecular weight excluding hydrogens is 496 g/mol. The van der Waals surface area contributed by atoms with E-state index in [1.807, 2.05) is 53.7 Å². The number of hydrogen-bond acceptors (Lipinski definition) is 6. The molecule has 6 nitrogen and oxygen atoms in total. The normalized spacial score (nSPS) is 12.5. The van der Waals surface area contributed by atoms with Crippen molar-refractivity contribution in [2.45, 2.75) is 91.3 Å². The molecule has 8 heteroatoms.